The molecule has 4 rings (SSSR count). The van der Waals surface area contributed by atoms with E-state index in [1.54, 1.807) is 12.1 Å². The Kier molecular flexibility index (Phi) is 6.58. The van der Waals surface area contributed by atoms with Gasteiger partial charge in [0.2, 0.25) is 0 Å². The smallest absolute Gasteiger partial charge is 0.330 e. The van der Waals surface area contributed by atoms with E-state index < -0.39 is 47.5 Å². The van der Waals surface area contributed by atoms with Crippen LogP contribution in [-0.4, -0.2) is 50.5 Å². The molecule has 0 radical (unpaired) electrons. The number of thiophene rings is 1. The summed E-state index contributed by atoms with van der Waals surface area (Å²) < 4.78 is 12.3. The van der Waals surface area contributed by atoms with Crippen LogP contribution in [0.15, 0.2) is 33.3 Å². The van der Waals surface area contributed by atoms with Crippen molar-refractivity contribution in [2.75, 3.05) is 6.61 Å². The minimum Gasteiger partial charge on any atom is -0.481 e. The van der Waals surface area contributed by atoms with Gasteiger partial charge in [-0.05, 0) is 37.1 Å². The fourth-order valence-corrected chi connectivity index (χ4v) is 4.93. The molecular weight excluding hydrogens is 440 g/mol. The summed E-state index contributed by atoms with van der Waals surface area (Å²) in [6.45, 7) is -0.175. The fourth-order valence-electron chi connectivity index (χ4n) is 4.20. The zero-order valence-corrected chi connectivity index (χ0v) is 18.0. The van der Waals surface area contributed by atoms with Crippen molar-refractivity contribution < 1.29 is 29.3 Å². The maximum absolute atomic E-state index is 12.4. The monoisotopic (exact) mass is 464 g/mol. The van der Waals surface area contributed by atoms with Crippen molar-refractivity contribution in [1.29, 1.82) is 0 Å². The average molecular weight is 464 g/mol. The molecule has 2 aromatic heterocycles. The number of nitrogens with one attached hydrogen (secondary N) is 1. The van der Waals surface area contributed by atoms with Crippen LogP contribution in [0.5, 0.6) is 0 Å². The summed E-state index contributed by atoms with van der Waals surface area (Å²) in [5.41, 5.74) is -0.833. The van der Waals surface area contributed by atoms with Gasteiger partial charge >= 0.3 is 17.6 Å². The highest BCUT2D eigenvalue weighted by Crippen LogP contribution is 2.32. The van der Waals surface area contributed by atoms with Gasteiger partial charge in [0.1, 0.15) is 18.9 Å². The standard InChI is InChI=1S/C21H24N2O8S/c24-14-8-17(23-9-13(16-2-1-7-32-16)18(25)22-21(23)29)31-15(14)10-30-20(28)12-5-3-11(4-6-12)19(26)27/h1-2,7,9,11-12,14-15,17,24H,3-6,8,10H2,(H,26,27)(H,22,25,29)/t11?,12?,14-,15+,17+/m0/s1. The van der Waals surface area contributed by atoms with Crippen molar-refractivity contribution in [3.63, 3.8) is 0 Å². The molecule has 1 aliphatic carbocycles. The lowest BCUT2D eigenvalue weighted by Crippen LogP contribution is -2.33. The number of aliphatic hydroxyl groups excluding tert-OH is 1. The molecule has 2 aliphatic rings. The normalized spacial score (nSPS) is 27.8. The SMILES string of the molecule is O=C(O)C1CCC(C(=O)OC[C@H]2O[C@@H](n3cc(-c4cccs4)c(=O)[nH]c3=O)C[C@@H]2O)CC1. The maximum Gasteiger partial charge on any atom is 0.330 e. The molecule has 32 heavy (non-hydrogen) atoms. The number of rotatable bonds is 6. The molecule has 11 heteroatoms. The molecule has 3 heterocycles. The second-order valence-corrected chi connectivity index (χ2v) is 9.08. The number of hydrogen-bond donors (Lipinski definition) is 3. The lowest BCUT2D eigenvalue weighted by atomic mass is 9.82. The van der Waals surface area contributed by atoms with Crippen LogP contribution >= 0.6 is 11.3 Å². The quantitative estimate of drug-likeness (QED) is 0.543. The van der Waals surface area contributed by atoms with Gasteiger partial charge in [-0.3, -0.25) is 23.9 Å². The third-order valence-corrected chi connectivity index (χ3v) is 6.97. The molecule has 0 spiro atoms. The third-order valence-electron chi connectivity index (χ3n) is 6.07. The van der Waals surface area contributed by atoms with Gasteiger partial charge in [-0.25, -0.2) is 4.79 Å². The molecule has 1 saturated heterocycles. The number of aromatic nitrogens is 2. The van der Waals surface area contributed by atoms with Crippen LogP contribution in [0.25, 0.3) is 10.4 Å². The van der Waals surface area contributed by atoms with Gasteiger partial charge < -0.3 is 19.7 Å². The number of carbonyl (C=O) groups is 2. The summed E-state index contributed by atoms with van der Waals surface area (Å²) in [4.78, 5) is 50.9. The van der Waals surface area contributed by atoms with Crippen molar-refractivity contribution in [3.8, 4) is 10.4 Å². The molecule has 1 aliphatic heterocycles. The van der Waals surface area contributed by atoms with E-state index in [-0.39, 0.29) is 18.9 Å². The van der Waals surface area contributed by atoms with Crippen LogP contribution in [-0.2, 0) is 19.1 Å². The molecule has 2 fully saturated rings. The molecule has 3 N–H and O–H groups in total. The molecule has 0 unspecified atom stereocenters. The lowest BCUT2D eigenvalue weighted by molar-refractivity contribution is -0.158. The van der Waals surface area contributed by atoms with E-state index in [2.05, 4.69) is 4.98 Å². The number of carbonyl (C=O) groups excluding carboxylic acids is 1. The molecule has 2 aromatic rings. The number of aromatic amines is 1. The Morgan fingerprint density at radius 1 is 1.22 bits per heavy atom. The Labute approximate surface area is 186 Å². The second kappa shape index (κ2) is 9.39. The van der Waals surface area contributed by atoms with Crippen molar-refractivity contribution in [2.24, 2.45) is 11.8 Å². The summed E-state index contributed by atoms with van der Waals surface area (Å²) >= 11 is 1.36. The maximum atomic E-state index is 12.4. The predicted molar refractivity (Wildman–Crippen MR) is 113 cm³/mol. The summed E-state index contributed by atoms with van der Waals surface area (Å²) in [5.74, 6) is -2.07. The van der Waals surface area contributed by atoms with Crippen molar-refractivity contribution >= 4 is 23.3 Å². The van der Waals surface area contributed by atoms with E-state index in [0.717, 1.165) is 0 Å². The number of esters is 1. The minimum atomic E-state index is -0.959. The zero-order valence-electron chi connectivity index (χ0n) is 17.1. The molecule has 0 amide bonds. The van der Waals surface area contributed by atoms with Gasteiger partial charge in [-0.2, -0.15) is 0 Å². The van der Waals surface area contributed by atoms with Crippen LogP contribution in [0.1, 0.15) is 38.3 Å². The first-order chi connectivity index (χ1) is 15.3. The molecule has 10 nitrogen and oxygen atoms in total. The minimum absolute atomic E-state index is 0.0990. The molecule has 172 valence electrons. The van der Waals surface area contributed by atoms with Gasteiger partial charge in [0.15, 0.2) is 0 Å². The number of aliphatic carboxylic acids is 1. The topological polar surface area (TPSA) is 148 Å². The molecule has 0 aromatic carbocycles. The van der Waals surface area contributed by atoms with Crippen LogP contribution in [0.2, 0.25) is 0 Å². The summed E-state index contributed by atoms with van der Waals surface area (Å²) in [5, 5.41) is 21.2. The first kappa shape index (κ1) is 22.4. The van der Waals surface area contributed by atoms with E-state index in [9.17, 15) is 24.3 Å². The predicted octanol–water partition coefficient (Wildman–Crippen LogP) is 1.35. The van der Waals surface area contributed by atoms with Gasteiger partial charge in [-0.15, -0.1) is 11.3 Å². The fraction of sp³-hybridized carbons (Fsp3) is 0.524. The van der Waals surface area contributed by atoms with E-state index in [4.69, 9.17) is 14.6 Å². The number of carboxylic acid groups (broad SMARTS) is 1. The first-order valence-electron chi connectivity index (χ1n) is 10.5. The summed E-state index contributed by atoms with van der Waals surface area (Å²) in [7, 11) is 0. The summed E-state index contributed by atoms with van der Waals surface area (Å²) in [6.07, 6.45) is 0.686. The van der Waals surface area contributed by atoms with Crippen LogP contribution < -0.4 is 11.2 Å². The van der Waals surface area contributed by atoms with E-state index >= 15 is 0 Å². The summed E-state index contributed by atoms with van der Waals surface area (Å²) in [6, 6.07) is 3.56. The van der Waals surface area contributed by atoms with Crippen LogP contribution in [0.3, 0.4) is 0 Å². The number of hydrogen-bond acceptors (Lipinski definition) is 8. The molecule has 1 saturated carbocycles. The molecule has 3 atom stereocenters. The molecule has 0 bridgehead atoms. The highest BCUT2D eigenvalue weighted by atomic mass is 32.1. The highest BCUT2D eigenvalue weighted by Gasteiger charge is 2.37. The van der Waals surface area contributed by atoms with E-state index in [1.165, 1.54) is 22.1 Å². The van der Waals surface area contributed by atoms with E-state index in [0.29, 0.717) is 36.1 Å². The average Bonchev–Trinajstić information content (AvgIpc) is 3.42. The molecular formula is C21H24N2O8S. The highest BCUT2D eigenvalue weighted by molar-refractivity contribution is 7.13. The van der Waals surface area contributed by atoms with Gasteiger partial charge in [-0.1, -0.05) is 6.07 Å². The van der Waals surface area contributed by atoms with Crippen LogP contribution in [0, 0.1) is 11.8 Å². The third kappa shape index (κ3) is 4.69. The number of H-pyrrole nitrogens is 1. The van der Waals surface area contributed by atoms with Crippen LogP contribution in [0.4, 0.5) is 0 Å². The van der Waals surface area contributed by atoms with Gasteiger partial charge in [0.25, 0.3) is 5.56 Å². The number of aliphatic hydroxyl groups is 1. The van der Waals surface area contributed by atoms with Crippen molar-refractivity contribution in [2.45, 2.75) is 50.5 Å². The Morgan fingerprint density at radius 2 is 1.94 bits per heavy atom. The Morgan fingerprint density at radius 3 is 2.59 bits per heavy atom. The lowest BCUT2D eigenvalue weighted by Gasteiger charge is -2.25. The number of nitrogens with zero attached hydrogens (tertiary/aromatic N) is 1. The first-order valence-corrected chi connectivity index (χ1v) is 11.3. The second-order valence-electron chi connectivity index (χ2n) is 8.14. The van der Waals surface area contributed by atoms with Crippen molar-refractivity contribution in [1.82, 2.24) is 9.55 Å². The Bertz CT molecular complexity index is 1080. The van der Waals surface area contributed by atoms with E-state index in [1.807, 2.05) is 5.38 Å². The Hall–Kier alpha value is -2.76. The number of carboxylic acids is 1. The number of ether oxygens (including phenoxy) is 2. The van der Waals surface area contributed by atoms with Crippen molar-refractivity contribution in [3.05, 3.63) is 44.5 Å². The zero-order chi connectivity index (χ0) is 22.8. The Balaban J connectivity index is 1.38. The van der Waals surface area contributed by atoms with Gasteiger partial charge in [0, 0.05) is 17.5 Å². The van der Waals surface area contributed by atoms with Gasteiger partial charge in [0.05, 0.1) is 23.5 Å². The largest absolute Gasteiger partial charge is 0.481 e.